The molecule has 248 valence electrons. The predicted octanol–water partition coefficient (Wildman–Crippen LogP) is 3.89. The Labute approximate surface area is 262 Å². The average molecular weight is 667 g/mol. The molecule has 1 aliphatic rings. The number of carbonyl (C=O) groups is 2. The van der Waals surface area contributed by atoms with E-state index in [2.05, 4.69) is 9.82 Å². The monoisotopic (exact) mass is 666 g/mol. The van der Waals surface area contributed by atoms with Crippen LogP contribution in [0.5, 0.6) is 0 Å². The van der Waals surface area contributed by atoms with Gasteiger partial charge in [-0.3, -0.25) is 14.6 Å². The highest BCUT2D eigenvalue weighted by Gasteiger charge is 2.37. The van der Waals surface area contributed by atoms with Gasteiger partial charge in [-0.15, -0.1) is 0 Å². The number of hydrogen-bond donors (Lipinski definition) is 1. The van der Waals surface area contributed by atoms with Crippen LogP contribution in [0.15, 0.2) is 64.1 Å². The second-order valence-corrected chi connectivity index (χ2v) is 13.6. The zero-order valence-corrected chi connectivity index (χ0v) is 26.4. The summed E-state index contributed by atoms with van der Waals surface area (Å²) in [5.74, 6) is -1.92. The average Bonchev–Trinajstić information content (AvgIpc) is 3.34. The first-order valence-electron chi connectivity index (χ1n) is 14.2. The largest absolute Gasteiger partial charge is 0.435 e. The van der Waals surface area contributed by atoms with E-state index in [-0.39, 0.29) is 22.8 Å². The lowest BCUT2D eigenvalue weighted by atomic mass is 9.97. The molecule has 2 aromatic heterocycles. The molecule has 0 radical (unpaired) electrons. The summed E-state index contributed by atoms with van der Waals surface area (Å²) in [5, 5.41) is 6.31. The van der Waals surface area contributed by atoms with Crippen molar-refractivity contribution in [3.63, 3.8) is 0 Å². The van der Waals surface area contributed by atoms with Crippen molar-refractivity contribution in [3.05, 3.63) is 65.9 Å². The number of aromatic nitrogens is 4. The molecule has 5 rings (SSSR count). The summed E-state index contributed by atoms with van der Waals surface area (Å²) in [6, 6.07) is 12.8. The van der Waals surface area contributed by atoms with E-state index in [4.69, 9.17) is 14.2 Å². The molecule has 0 aliphatic carbocycles. The summed E-state index contributed by atoms with van der Waals surface area (Å²) in [4.78, 5) is 31.3. The van der Waals surface area contributed by atoms with E-state index >= 15 is 0 Å². The van der Waals surface area contributed by atoms with Gasteiger partial charge in [-0.1, -0.05) is 29.8 Å². The number of rotatable bonds is 9. The summed E-state index contributed by atoms with van der Waals surface area (Å²) in [6.45, 7) is 8.92. The highest BCUT2D eigenvalue weighted by atomic mass is 32.2. The topological polar surface area (TPSA) is 143 Å². The van der Waals surface area contributed by atoms with Gasteiger partial charge in [0.1, 0.15) is 5.02 Å². The van der Waals surface area contributed by atoms with Crippen LogP contribution in [0, 0.1) is 18.3 Å². The van der Waals surface area contributed by atoms with Crippen molar-refractivity contribution in [1.82, 2.24) is 24.5 Å². The van der Waals surface area contributed by atoms with Crippen molar-refractivity contribution >= 4 is 21.9 Å². The molecule has 0 spiro atoms. The first kappa shape index (κ1) is 32.7. The lowest BCUT2D eigenvalue weighted by Gasteiger charge is -2.19. The minimum atomic E-state index is -4.69. The Bertz CT molecular complexity index is 1810. The molecule has 1 amide bonds. The molecular weight excluding hydrogens is 633 g/mol. The fourth-order valence-corrected chi connectivity index (χ4v) is 5.58. The quantitative estimate of drug-likeness (QED) is 0.208. The van der Waals surface area contributed by atoms with E-state index in [1.165, 1.54) is 36.2 Å². The van der Waals surface area contributed by atoms with Crippen LogP contribution in [-0.4, -0.2) is 59.4 Å². The van der Waals surface area contributed by atoms with E-state index < -0.39 is 51.4 Å². The third-order valence-corrected chi connectivity index (χ3v) is 8.50. The van der Waals surface area contributed by atoms with Crippen LogP contribution in [0.25, 0.3) is 16.9 Å². The summed E-state index contributed by atoms with van der Waals surface area (Å²) in [7, 11) is -4.31. The van der Waals surface area contributed by atoms with Gasteiger partial charge in [0.15, 0.2) is 5.69 Å². The molecule has 0 saturated carbocycles. The van der Waals surface area contributed by atoms with E-state index in [1.54, 1.807) is 50.0 Å². The van der Waals surface area contributed by atoms with Gasteiger partial charge < -0.3 is 9.57 Å². The van der Waals surface area contributed by atoms with Crippen molar-refractivity contribution in [2.75, 3.05) is 18.1 Å². The second-order valence-electron chi connectivity index (χ2n) is 12.0. The normalized spacial score (nSPS) is 16.4. The number of halogens is 3. The van der Waals surface area contributed by atoms with Crippen molar-refractivity contribution in [2.24, 2.45) is 11.3 Å². The number of alkyl halides is 3. The van der Waals surface area contributed by atoms with Crippen molar-refractivity contribution in [3.8, 4) is 16.9 Å². The van der Waals surface area contributed by atoms with Gasteiger partial charge in [-0.05, 0) is 64.4 Å². The third kappa shape index (κ3) is 7.24. The maximum absolute atomic E-state index is 13.5. The molecular formula is C29H33F3N6O7S. The molecule has 4 aromatic rings. The second kappa shape index (κ2) is 11.9. The number of nitrogens with one attached hydrogen (secondary N) is 1. The standard InChI is InChI=1S/C29H33F3N6O7S/c1-18-6-8-20(9-7-18)24-16-25(29(30,31)32)33-36(24)22-10-12-23(13-11-22)46(41,42)34-26(39)21-14-15-35(17-21)37-38(45-37)44-19(2)43-27(40)28(3,4)5/h6-13,16,19,21H,14-15,17H2,1-5H3,(H,34,39). The Morgan fingerprint density at radius 1 is 1.07 bits per heavy atom. The van der Waals surface area contributed by atoms with Crippen molar-refractivity contribution < 1.29 is 45.4 Å². The third-order valence-electron chi connectivity index (χ3n) is 7.14. The highest BCUT2D eigenvalue weighted by molar-refractivity contribution is 7.90. The Morgan fingerprint density at radius 2 is 1.72 bits per heavy atom. The molecule has 2 atom stereocenters. The van der Waals surface area contributed by atoms with Crippen LogP contribution < -0.4 is 14.6 Å². The molecule has 1 aliphatic heterocycles. The van der Waals surface area contributed by atoms with E-state index in [0.29, 0.717) is 18.5 Å². The number of nitrogens with zero attached hydrogens (tertiary/aromatic N) is 5. The summed E-state index contributed by atoms with van der Waals surface area (Å²) >= 11 is 0. The summed E-state index contributed by atoms with van der Waals surface area (Å²) < 4.78 is 80.2. The van der Waals surface area contributed by atoms with Crippen LogP contribution in [0.1, 0.15) is 45.4 Å². The number of hydrogen-bond acceptors (Lipinski definition) is 9. The maximum atomic E-state index is 13.5. The Morgan fingerprint density at radius 3 is 2.33 bits per heavy atom. The number of esters is 1. The van der Waals surface area contributed by atoms with Gasteiger partial charge in [-0.2, -0.15) is 22.9 Å². The number of benzene rings is 2. The highest BCUT2D eigenvalue weighted by Crippen LogP contribution is 2.33. The van der Waals surface area contributed by atoms with Gasteiger partial charge in [0.05, 0.1) is 34.2 Å². The van der Waals surface area contributed by atoms with E-state index in [0.717, 1.165) is 21.3 Å². The molecule has 13 nitrogen and oxygen atoms in total. The Hall–Kier alpha value is -4.67. The fourth-order valence-electron chi connectivity index (χ4n) is 4.54. The zero-order valence-electron chi connectivity index (χ0n) is 25.6. The zero-order chi connectivity index (χ0) is 33.6. The van der Waals surface area contributed by atoms with Crippen LogP contribution in [0.4, 0.5) is 13.2 Å². The fraction of sp³-hybridized carbons (Fsp3) is 0.414. The molecule has 1 saturated heterocycles. The van der Waals surface area contributed by atoms with Gasteiger partial charge in [-0.25, -0.2) is 17.8 Å². The number of amides is 1. The van der Waals surface area contributed by atoms with Crippen molar-refractivity contribution in [1.29, 1.82) is 0 Å². The Balaban J connectivity index is 1.23. The molecule has 3 heterocycles. The smallest absolute Gasteiger partial charge is 0.423 e. The molecule has 17 heteroatoms. The van der Waals surface area contributed by atoms with Gasteiger partial charge in [0, 0.05) is 24.0 Å². The minimum absolute atomic E-state index is 0.110. The molecule has 0 bridgehead atoms. The molecule has 46 heavy (non-hydrogen) atoms. The summed E-state index contributed by atoms with van der Waals surface area (Å²) in [6.07, 6.45) is -5.34. The van der Waals surface area contributed by atoms with Gasteiger partial charge in [0.25, 0.3) is 16.3 Å². The molecule has 2 unspecified atom stereocenters. The van der Waals surface area contributed by atoms with Gasteiger partial charge >= 0.3 is 12.1 Å². The van der Waals surface area contributed by atoms with E-state index in [1.807, 2.05) is 6.92 Å². The number of sulfonamides is 1. The molecule has 1 N–H and O–H groups in total. The SMILES string of the molecule is Cc1ccc(-c2cc(C(F)(F)F)nn2-c2ccc(S(=O)(=O)NC(=O)C3CCN(n4on4OC(C)OC(=O)C(C)(C)C)C3)cc2)cc1. The first-order valence-corrected chi connectivity index (χ1v) is 15.7. The number of aryl methyl sites for hydroxylation is 1. The molecule has 2 aromatic carbocycles. The lowest BCUT2D eigenvalue weighted by Crippen LogP contribution is -2.39. The van der Waals surface area contributed by atoms with E-state index in [9.17, 15) is 31.2 Å². The van der Waals surface area contributed by atoms with Crippen molar-refractivity contribution in [2.45, 2.75) is 58.4 Å². The van der Waals surface area contributed by atoms with Crippen LogP contribution in [0.2, 0.25) is 0 Å². The Kier molecular flexibility index (Phi) is 8.48. The molecule has 1 fully saturated rings. The number of carbonyl (C=O) groups excluding carboxylic acids is 2. The number of ether oxygens (including phenoxy) is 1. The first-order chi connectivity index (χ1) is 21.4. The minimum Gasteiger partial charge on any atom is -0.423 e. The van der Waals surface area contributed by atoms with Crippen LogP contribution in [0.3, 0.4) is 0 Å². The summed E-state index contributed by atoms with van der Waals surface area (Å²) in [5.41, 5.74) is -0.0476. The lowest BCUT2D eigenvalue weighted by molar-refractivity contribution is -0.189. The predicted molar refractivity (Wildman–Crippen MR) is 156 cm³/mol. The maximum Gasteiger partial charge on any atom is 0.435 e. The van der Waals surface area contributed by atoms with Gasteiger partial charge in [0.2, 0.25) is 5.91 Å². The van der Waals surface area contributed by atoms with Crippen LogP contribution in [-0.2, 0) is 30.5 Å². The van der Waals surface area contributed by atoms with Crippen LogP contribution >= 0.6 is 0 Å².